The Morgan fingerprint density at radius 3 is 2.32 bits per heavy atom. The van der Waals surface area contributed by atoms with Crippen LogP contribution in [0.1, 0.15) is 17.3 Å². The van der Waals surface area contributed by atoms with Crippen LogP contribution < -0.4 is 0 Å². The van der Waals surface area contributed by atoms with Gasteiger partial charge in [0.15, 0.2) is 0 Å². The average molecular weight is 374 g/mol. The number of benzene rings is 1. The molecule has 1 aromatic carbocycles. The summed E-state index contributed by atoms with van der Waals surface area (Å²) >= 11 is 0. The van der Waals surface area contributed by atoms with Crippen molar-refractivity contribution < 1.29 is 14.0 Å². The number of carbonyl (C=O) groups is 2. The second-order valence-corrected chi connectivity index (χ2v) is 7.88. The summed E-state index contributed by atoms with van der Waals surface area (Å²) < 4.78 is 5.57. The highest BCUT2D eigenvalue weighted by molar-refractivity contribution is 6.01. The van der Waals surface area contributed by atoms with Crippen molar-refractivity contribution in [3.05, 3.63) is 60.4 Å². The van der Waals surface area contributed by atoms with Crippen molar-refractivity contribution in [3.63, 3.8) is 0 Å². The number of rotatable bonds is 2. The highest BCUT2D eigenvalue weighted by Crippen LogP contribution is 2.36. The van der Waals surface area contributed by atoms with Gasteiger partial charge in [-0.25, -0.2) is 0 Å². The van der Waals surface area contributed by atoms with Crippen molar-refractivity contribution in [2.24, 2.45) is 11.8 Å². The van der Waals surface area contributed by atoms with Crippen LogP contribution in [-0.4, -0.2) is 47.8 Å². The highest BCUT2D eigenvalue weighted by Gasteiger charge is 2.42. The first kappa shape index (κ1) is 17.0. The van der Waals surface area contributed by atoms with Crippen LogP contribution in [0.3, 0.4) is 0 Å². The minimum atomic E-state index is 0.0709. The molecule has 5 nitrogen and oxygen atoms in total. The van der Waals surface area contributed by atoms with E-state index in [2.05, 4.69) is 6.07 Å². The molecule has 28 heavy (non-hydrogen) atoms. The van der Waals surface area contributed by atoms with Gasteiger partial charge in [-0.05, 0) is 41.5 Å². The lowest BCUT2D eigenvalue weighted by Gasteiger charge is -2.22. The number of carbonyl (C=O) groups excluding carboxylic acids is 2. The maximum atomic E-state index is 13.3. The van der Waals surface area contributed by atoms with Crippen LogP contribution in [0.25, 0.3) is 22.5 Å². The summed E-state index contributed by atoms with van der Waals surface area (Å²) in [5, 5.41) is 0. The molecule has 5 rings (SSSR count). The second kappa shape index (κ2) is 6.51. The fraction of sp³-hybridized carbons (Fsp3) is 0.304. The van der Waals surface area contributed by atoms with E-state index in [1.165, 1.54) is 0 Å². The van der Waals surface area contributed by atoms with Crippen LogP contribution >= 0.6 is 0 Å². The van der Waals surface area contributed by atoms with E-state index >= 15 is 0 Å². The van der Waals surface area contributed by atoms with Gasteiger partial charge in [0, 0.05) is 56.1 Å². The van der Waals surface area contributed by atoms with Gasteiger partial charge in [0.2, 0.25) is 5.91 Å². The molecule has 2 saturated heterocycles. The van der Waals surface area contributed by atoms with E-state index in [0.717, 1.165) is 54.2 Å². The van der Waals surface area contributed by atoms with E-state index in [4.69, 9.17) is 4.42 Å². The summed E-state index contributed by atoms with van der Waals surface area (Å²) in [6, 6.07) is 15.7. The Labute approximate surface area is 163 Å². The third-order valence-corrected chi connectivity index (χ3v) is 6.12. The molecule has 1 aliphatic carbocycles. The third kappa shape index (κ3) is 2.78. The molecular weight excluding hydrogens is 352 g/mol. The number of hydrogen-bond donors (Lipinski definition) is 0. The number of fused-ring (bicyclic) bond motifs is 2. The molecule has 0 saturated carbocycles. The Bertz CT molecular complexity index is 980. The first-order valence-corrected chi connectivity index (χ1v) is 9.71. The topological polar surface area (TPSA) is 53.8 Å². The van der Waals surface area contributed by atoms with Crippen LogP contribution in [0.5, 0.6) is 0 Å². The van der Waals surface area contributed by atoms with Gasteiger partial charge in [0.25, 0.3) is 5.91 Å². The largest absolute Gasteiger partial charge is 0.464 e. The molecule has 0 radical (unpaired) electrons. The maximum Gasteiger partial charge on any atom is 0.254 e. The molecule has 0 spiro atoms. The molecule has 2 unspecified atom stereocenters. The van der Waals surface area contributed by atoms with Gasteiger partial charge in [0.05, 0.1) is 6.26 Å². The summed E-state index contributed by atoms with van der Waals surface area (Å²) in [6.45, 7) is 4.60. The zero-order valence-corrected chi connectivity index (χ0v) is 15.8. The van der Waals surface area contributed by atoms with Crippen LogP contribution in [0, 0.1) is 11.8 Å². The quantitative estimate of drug-likeness (QED) is 0.689. The highest BCUT2D eigenvalue weighted by atomic mass is 16.3. The van der Waals surface area contributed by atoms with Crippen LogP contribution in [0.4, 0.5) is 0 Å². The molecule has 4 aliphatic rings. The molecule has 3 aliphatic heterocycles. The van der Waals surface area contributed by atoms with Gasteiger partial charge in [-0.1, -0.05) is 18.2 Å². The summed E-state index contributed by atoms with van der Waals surface area (Å²) in [4.78, 5) is 28.8. The fourth-order valence-corrected chi connectivity index (χ4v) is 4.66. The normalized spacial score (nSPS) is 21.3. The Hall–Kier alpha value is -3.08. The van der Waals surface area contributed by atoms with Crippen LogP contribution in [-0.2, 0) is 4.79 Å². The van der Waals surface area contributed by atoms with E-state index in [9.17, 15) is 9.59 Å². The molecule has 5 heteroatoms. The number of amides is 2. The predicted molar refractivity (Wildman–Crippen MR) is 106 cm³/mol. The van der Waals surface area contributed by atoms with Crippen LogP contribution in [0.2, 0.25) is 0 Å². The van der Waals surface area contributed by atoms with Crippen LogP contribution in [0.15, 0.2) is 59.2 Å². The third-order valence-electron chi connectivity index (χ3n) is 6.12. The minimum Gasteiger partial charge on any atom is -0.464 e. The Kier molecular flexibility index (Phi) is 3.97. The molecule has 0 aromatic heterocycles. The van der Waals surface area contributed by atoms with Gasteiger partial charge < -0.3 is 14.2 Å². The zero-order chi connectivity index (χ0) is 19.3. The average Bonchev–Trinajstić information content (AvgIpc) is 3.39. The second-order valence-electron chi connectivity index (χ2n) is 7.88. The lowest BCUT2D eigenvalue weighted by atomic mass is 10.0. The van der Waals surface area contributed by atoms with E-state index in [-0.39, 0.29) is 11.8 Å². The molecule has 142 valence electrons. The first-order valence-electron chi connectivity index (χ1n) is 9.71. The van der Waals surface area contributed by atoms with Crippen molar-refractivity contribution in [2.75, 3.05) is 26.2 Å². The van der Waals surface area contributed by atoms with E-state index in [1.807, 2.05) is 52.3 Å². The van der Waals surface area contributed by atoms with Gasteiger partial charge >= 0.3 is 0 Å². The van der Waals surface area contributed by atoms with Crippen molar-refractivity contribution in [1.82, 2.24) is 9.80 Å². The molecular formula is C23H22N2O3. The molecule has 2 amide bonds. The lowest BCUT2D eigenvalue weighted by molar-refractivity contribution is -0.128. The van der Waals surface area contributed by atoms with Crippen molar-refractivity contribution in [2.45, 2.75) is 6.92 Å². The molecule has 0 bridgehead atoms. The van der Waals surface area contributed by atoms with Gasteiger partial charge in [0.1, 0.15) is 5.76 Å². The smallest absolute Gasteiger partial charge is 0.254 e. The summed E-state index contributed by atoms with van der Waals surface area (Å²) in [6.07, 6.45) is 1.66. The van der Waals surface area contributed by atoms with Crippen molar-refractivity contribution >= 4 is 11.8 Å². The molecule has 3 heterocycles. The number of nitrogens with zero attached hydrogens (tertiary/aromatic N) is 2. The maximum absolute atomic E-state index is 13.3. The predicted octanol–water partition coefficient (Wildman–Crippen LogP) is 3.60. The fourth-order valence-electron chi connectivity index (χ4n) is 4.66. The van der Waals surface area contributed by atoms with E-state index < -0.39 is 0 Å². The zero-order valence-electron chi connectivity index (χ0n) is 15.8. The lowest BCUT2D eigenvalue weighted by Crippen LogP contribution is -2.34. The Balaban J connectivity index is 1.42. The standard InChI is InChI=1S/C23H22N2O3/c1-15(26)24-11-18-13-25(14-19(18)12-24)23(27)21-7-3-2-6-20(21)17-9-16-5-4-8-28-22(16)10-17/h2-10,18-19H,11-14H2,1H3. The molecule has 2 fully saturated rings. The number of hydrogen-bond acceptors (Lipinski definition) is 3. The van der Waals surface area contributed by atoms with Crippen molar-refractivity contribution in [1.29, 1.82) is 0 Å². The Morgan fingerprint density at radius 2 is 1.61 bits per heavy atom. The van der Waals surface area contributed by atoms with E-state index in [1.54, 1.807) is 13.2 Å². The van der Waals surface area contributed by atoms with Gasteiger partial charge in [-0.3, -0.25) is 9.59 Å². The summed E-state index contributed by atoms with van der Waals surface area (Å²) in [7, 11) is 0. The molecule has 1 aromatic rings. The first-order chi connectivity index (χ1) is 13.6. The number of likely N-dealkylation sites (tertiary alicyclic amines) is 2. The summed E-state index contributed by atoms with van der Waals surface area (Å²) in [5.41, 5.74) is 3.68. The Morgan fingerprint density at radius 1 is 0.893 bits per heavy atom. The van der Waals surface area contributed by atoms with E-state index in [0.29, 0.717) is 11.8 Å². The minimum absolute atomic E-state index is 0.0709. The van der Waals surface area contributed by atoms with Gasteiger partial charge in [-0.2, -0.15) is 0 Å². The van der Waals surface area contributed by atoms with Gasteiger partial charge in [-0.15, -0.1) is 0 Å². The van der Waals surface area contributed by atoms with Crippen molar-refractivity contribution in [3.8, 4) is 22.5 Å². The SMILES string of the molecule is CC(=O)N1CC2CN(C(=O)c3ccccc3-c3cc4cccoc-4c3)CC2C1. The molecule has 0 N–H and O–H groups in total. The summed E-state index contributed by atoms with van der Waals surface area (Å²) in [5.74, 6) is 1.80. The molecule has 2 atom stereocenters. The monoisotopic (exact) mass is 374 g/mol.